The zero-order valence-electron chi connectivity index (χ0n) is 8.01. The first-order chi connectivity index (χ1) is 7.25. The van der Waals surface area contributed by atoms with Crippen molar-refractivity contribution in [2.24, 2.45) is 0 Å². The van der Waals surface area contributed by atoms with E-state index in [0.29, 0.717) is 16.8 Å². The maximum Gasteiger partial charge on any atom is 0.222 e. The molecular weight excluding hydrogens is 214 g/mol. The van der Waals surface area contributed by atoms with E-state index < -0.39 is 0 Å². The number of aromatic nitrogens is 3. The van der Waals surface area contributed by atoms with Gasteiger partial charge in [-0.2, -0.15) is 0 Å². The molecule has 0 radical (unpaired) electrons. The molecule has 0 saturated carbocycles. The Morgan fingerprint density at radius 1 is 1.27 bits per heavy atom. The molecule has 0 unspecified atom stereocenters. The van der Waals surface area contributed by atoms with Crippen molar-refractivity contribution in [2.45, 2.75) is 6.92 Å². The minimum Gasteiger partial charge on any atom is -0.436 e. The average molecular weight is 222 g/mol. The number of aryl methyl sites for hydroxylation is 1. The standard InChI is InChI=1S/C10H8ClN3O/c1-7-5-9(14-6-13-7)15-8-3-2-4-12-10(8)11/h2-6H,1H3. The van der Waals surface area contributed by atoms with Gasteiger partial charge in [0.2, 0.25) is 5.88 Å². The van der Waals surface area contributed by atoms with Crippen LogP contribution >= 0.6 is 11.6 Å². The van der Waals surface area contributed by atoms with Crippen LogP contribution in [-0.2, 0) is 0 Å². The first-order valence-electron chi connectivity index (χ1n) is 4.33. The molecule has 0 aromatic carbocycles. The second kappa shape index (κ2) is 4.23. The molecule has 2 aromatic rings. The third kappa shape index (κ3) is 2.41. The van der Waals surface area contributed by atoms with Crippen LogP contribution in [0.2, 0.25) is 5.15 Å². The van der Waals surface area contributed by atoms with E-state index in [2.05, 4.69) is 15.0 Å². The van der Waals surface area contributed by atoms with Crippen molar-refractivity contribution in [1.82, 2.24) is 15.0 Å². The predicted octanol–water partition coefficient (Wildman–Crippen LogP) is 2.63. The Kier molecular flexibility index (Phi) is 2.78. The van der Waals surface area contributed by atoms with Gasteiger partial charge >= 0.3 is 0 Å². The van der Waals surface area contributed by atoms with Crippen LogP contribution in [-0.4, -0.2) is 15.0 Å². The number of hydrogen-bond donors (Lipinski definition) is 0. The minimum atomic E-state index is 0.314. The summed E-state index contributed by atoms with van der Waals surface area (Å²) in [5, 5.41) is 0.314. The lowest BCUT2D eigenvalue weighted by atomic mass is 10.4. The summed E-state index contributed by atoms with van der Waals surface area (Å²) in [6.45, 7) is 1.86. The highest BCUT2D eigenvalue weighted by Gasteiger charge is 2.03. The molecule has 4 nitrogen and oxygen atoms in total. The van der Waals surface area contributed by atoms with Crippen LogP contribution in [0.1, 0.15) is 5.69 Å². The van der Waals surface area contributed by atoms with Crippen LogP contribution < -0.4 is 4.74 Å². The molecule has 76 valence electrons. The first-order valence-corrected chi connectivity index (χ1v) is 4.70. The average Bonchev–Trinajstić information content (AvgIpc) is 2.22. The van der Waals surface area contributed by atoms with Crippen molar-refractivity contribution in [3.8, 4) is 11.6 Å². The molecule has 15 heavy (non-hydrogen) atoms. The lowest BCUT2D eigenvalue weighted by Crippen LogP contribution is -1.91. The maximum absolute atomic E-state index is 5.83. The Balaban J connectivity index is 2.26. The fraction of sp³-hybridized carbons (Fsp3) is 0.100. The molecule has 0 bridgehead atoms. The normalized spacial score (nSPS) is 10.0. The number of nitrogens with zero attached hydrogens (tertiary/aromatic N) is 3. The summed E-state index contributed by atoms with van der Waals surface area (Å²) in [4.78, 5) is 11.8. The molecular formula is C10H8ClN3O. The molecule has 0 aliphatic heterocycles. The van der Waals surface area contributed by atoms with Gasteiger partial charge in [0, 0.05) is 18.0 Å². The van der Waals surface area contributed by atoms with Gasteiger partial charge in [0.25, 0.3) is 0 Å². The smallest absolute Gasteiger partial charge is 0.222 e. The molecule has 0 saturated heterocycles. The molecule has 0 N–H and O–H groups in total. The molecule has 2 rings (SSSR count). The van der Waals surface area contributed by atoms with Crippen molar-refractivity contribution in [2.75, 3.05) is 0 Å². The number of halogens is 1. The molecule has 0 aliphatic rings. The second-order valence-electron chi connectivity index (χ2n) is 2.89. The molecule has 0 atom stereocenters. The van der Waals surface area contributed by atoms with E-state index in [1.54, 1.807) is 24.4 Å². The summed E-state index contributed by atoms with van der Waals surface area (Å²) in [6, 6.07) is 5.20. The maximum atomic E-state index is 5.83. The Hall–Kier alpha value is -1.68. The zero-order chi connectivity index (χ0) is 10.7. The van der Waals surface area contributed by atoms with Gasteiger partial charge in [-0.05, 0) is 19.1 Å². The van der Waals surface area contributed by atoms with Gasteiger partial charge in [0.1, 0.15) is 6.33 Å². The van der Waals surface area contributed by atoms with Gasteiger partial charge < -0.3 is 4.74 Å². The van der Waals surface area contributed by atoms with Crippen molar-refractivity contribution in [1.29, 1.82) is 0 Å². The van der Waals surface area contributed by atoms with Crippen molar-refractivity contribution in [3.63, 3.8) is 0 Å². The molecule has 0 fully saturated rings. The Bertz CT molecular complexity index is 476. The monoisotopic (exact) mass is 221 g/mol. The highest BCUT2D eigenvalue weighted by molar-refractivity contribution is 6.30. The Morgan fingerprint density at radius 3 is 2.87 bits per heavy atom. The van der Waals surface area contributed by atoms with E-state index >= 15 is 0 Å². The number of hydrogen-bond acceptors (Lipinski definition) is 4. The van der Waals surface area contributed by atoms with Crippen molar-refractivity contribution < 1.29 is 4.74 Å². The zero-order valence-corrected chi connectivity index (χ0v) is 8.77. The minimum absolute atomic E-state index is 0.314. The van der Waals surface area contributed by atoms with Gasteiger partial charge in [-0.25, -0.2) is 15.0 Å². The van der Waals surface area contributed by atoms with E-state index in [9.17, 15) is 0 Å². The largest absolute Gasteiger partial charge is 0.436 e. The van der Waals surface area contributed by atoms with E-state index in [-0.39, 0.29) is 0 Å². The van der Waals surface area contributed by atoms with Crippen LogP contribution in [0.25, 0.3) is 0 Å². The van der Waals surface area contributed by atoms with E-state index in [4.69, 9.17) is 16.3 Å². The Morgan fingerprint density at radius 2 is 2.13 bits per heavy atom. The van der Waals surface area contributed by atoms with Gasteiger partial charge in [0.05, 0.1) is 0 Å². The van der Waals surface area contributed by atoms with Gasteiger partial charge in [-0.15, -0.1) is 0 Å². The molecule has 0 spiro atoms. The molecule has 2 heterocycles. The van der Waals surface area contributed by atoms with E-state index in [0.717, 1.165) is 5.69 Å². The van der Waals surface area contributed by atoms with Gasteiger partial charge in [-0.1, -0.05) is 11.6 Å². The second-order valence-corrected chi connectivity index (χ2v) is 3.25. The quantitative estimate of drug-likeness (QED) is 0.732. The van der Waals surface area contributed by atoms with Crippen LogP contribution in [0.4, 0.5) is 0 Å². The Labute approximate surface area is 91.9 Å². The fourth-order valence-electron chi connectivity index (χ4n) is 1.05. The van der Waals surface area contributed by atoms with Crippen LogP contribution in [0.5, 0.6) is 11.6 Å². The molecule has 0 amide bonds. The third-order valence-corrected chi connectivity index (χ3v) is 2.00. The summed E-state index contributed by atoms with van der Waals surface area (Å²) in [6.07, 6.45) is 3.04. The number of rotatable bonds is 2. The van der Waals surface area contributed by atoms with Crippen LogP contribution in [0, 0.1) is 6.92 Å². The highest BCUT2D eigenvalue weighted by Crippen LogP contribution is 2.25. The molecule has 0 aliphatic carbocycles. The topological polar surface area (TPSA) is 47.9 Å². The van der Waals surface area contributed by atoms with E-state index in [1.807, 2.05) is 6.92 Å². The van der Waals surface area contributed by atoms with Crippen LogP contribution in [0.3, 0.4) is 0 Å². The fourth-order valence-corrected chi connectivity index (χ4v) is 1.20. The SMILES string of the molecule is Cc1cc(Oc2cccnc2Cl)ncn1. The van der Waals surface area contributed by atoms with Crippen LogP contribution in [0.15, 0.2) is 30.7 Å². The van der Waals surface area contributed by atoms with E-state index in [1.165, 1.54) is 6.33 Å². The third-order valence-electron chi connectivity index (χ3n) is 1.72. The van der Waals surface area contributed by atoms with Crippen molar-refractivity contribution in [3.05, 3.63) is 41.6 Å². The highest BCUT2D eigenvalue weighted by atomic mass is 35.5. The summed E-state index contributed by atoms with van der Waals surface area (Å²) < 4.78 is 5.44. The van der Waals surface area contributed by atoms with Gasteiger partial charge in [0.15, 0.2) is 10.9 Å². The lowest BCUT2D eigenvalue weighted by molar-refractivity contribution is 0.459. The first kappa shape index (κ1) is 9.86. The van der Waals surface area contributed by atoms with Crippen molar-refractivity contribution >= 4 is 11.6 Å². The predicted molar refractivity (Wildman–Crippen MR) is 56.1 cm³/mol. The number of ether oxygens (including phenoxy) is 1. The summed E-state index contributed by atoms with van der Waals surface area (Å²) in [5.41, 5.74) is 0.833. The summed E-state index contributed by atoms with van der Waals surface area (Å²) in [5.74, 6) is 0.940. The molecule has 2 aromatic heterocycles. The van der Waals surface area contributed by atoms with Gasteiger partial charge in [-0.3, -0.25) is 0 Å². The lowest BCUT2D eigenvalue weighted by Gasteiger charge is -2.05. The summed E-state index contributed by atoms with van der Waals surface area (Å²) >= 11 is 5.83. The number of pyridine rings is 1. The summed E-state index contributed by atoms with van der Waals surface area (Å²) in [7, 11) is 0. The molecule has 5 heteroatoms.